The molecule has 1 aromatic rings. The summed E-state index contributed by atoms with van der Waals surface area (Å²) in [5.41, 5.74) is 4.16. The summed E-state index contributed by atoms with van der Waals surface area (Å²) in [6, 6.07) is 7.82. The lowest BCUT2D eigenvalue weighted by Crippen LogP contribution is -2.37. The van der Waals surface area contributed by atoms with E-state index >= 15 is 0 Å². The number of benzene rings is 1. The molecule has 1 fully saturated rings. The number of rotatable bonds is 3. The fraction of sp³-hybridized carbons (Fsp3) is 0.364. The van der Waals surface area contributed by atoms with Gasteiger partial charge in [0.1, 0.15) is 0 Å². The van der Waals surface area contributed by atoms with Gasteiger partial charge in [-0.15, -0.1) is 0 Å². The molecule has 0 radical (unpaired) electrons. The molecule has 1 aliphatic heterocycles. The van der Waals surface area contributed by atoms with Gasteiger partial charge in [0, 0.05) is 10.9 Å². The molecule has 0 aliphatic carbocycles. The monoisotopic (exact) mass is 284 g/mol. The summed E-state index contributed by atoms with van der Waals surface area (Å²) in [7, 11) is 0. The average molecular weight is 285 g/mol. The van der Waals surface area contributed by atoms with Crippen molar-refractivity contribution in [2.75, 3.05) is 13.2 Å². The zero-order valence-electron chi connectivity index (χ0n) is 8.69. The summed E-state index contributed by atoms with van der Waals surface area (Å²) in [6.07, 6.45) is 0.433. The normalized spacial score (nSPS) is 20.5. The van der Waals surface area contributed by atoms with Crippen LogP contribution in [0.4, 0.5) is 0 Å². The fourth-order valence-electron chi connectivity index (χ4n) is 1.82. The lowest BCUT2D eigenvalue weighted by Gasteiger charge is -2.17. The van der Waals surface area contributed by atoms with E-state index in [0.29, 0.717) is 13.0 Å². The minimum atomic E-state index is -0.0264. The first-order valence-electron chi connectivity index (χ1n) is 5.14. The largest absolute Gasteiger partial charge is 0.394 e. The molecule has 1 aromatic carbocycles. The number of hydrogen-bond acceptors (Lipinski definition) is 3. The summed E-state index contributed by atoms with van der Waals surface area (Å²) in [4.78, 5) is 11.6. The third-order valence-electron chi connectivity index (χ3n) is 2.60. The molecule has 0 saturated carbocycles. The number of aliphatic hydroxyl groups is 1. The zero-order valence-corrected chi connectivity index (χ0v) is 10.3. The van der Waals surface area contributed by atoms with Gasteiger partial charge in [0.05, 0.1) is 19.2 Å². The van der Waals surface area contributed by atoms with Crippen molar-refractivity contribution in [3.05, 3.63) is 34.3 Å². The van der Waals surface area contributed by atoms with Crippen molar-refractivity contribution in [1.82, 2.24) is 10.4 Å². The second-order valence-electron chi connectivity index (χ2n) is 3.68. The van der Waals surface area contributed by atoms with E-state index in [0.717, 1.165) is 10.0 Å². The van der Waals surface area contributed by atoms with Gasteiger partial charge in [-0.25, -0.2) is 5.43 Å². The zero-order chi connectivity index (χ0) is 11.5. The van der Waals surface area contributed by atoms with E-state index in [9.17, 15) is 4.79 Å². The molecule has 1 aliphatic rings. The van der Waals surface area contributed by atoms with Crippen LogP contribution >= 0.6 is 15.9 Å². The van der Waals surface area contributed by atoms with Crippen LogP contribution in [0.15, 0.2) is 28.7 Å². The Balaban J connectivity index is 2.14. The van der Waals surface area contributed by atoms with Crippen molar-refractivity contribution in [2.24, 2.45) is 0 Å². The quantitative estimate of drug-likeness (QED) is 0.878. The van der Waals surface area contributed by atoms with Gasteiger partial charge in [-0.2, -0.15) is 0 Å². The van der Waals surface area contributed by atoms with Gasteiger partial charge in [-0.1, -0.05) is 34.1 Å². The van der Waals surface area contributed by atoms with Crippen LogP contribution in [0.3, 0.4) is 0 Å². The molecule has 4 nitrogen and oxygen atoms in total. The lowest BCUT2D eigenvalue weighted by atomic mass is 10.1. The van der Waals surface area contributed by atoms with E-state index in [-0.39, 0.29) is 18.6 Å². The minimum Gasteiger partial charge on any atom is -0.394 e. The van der Waals surface area contributed by atoms with E-state index < -0.39 is 0 Å². The van der Waals surface area contributed by atoms with Crippen LogP contribution < -0.4 is 5.43 Å². The van der Waals surface area contributed by atoms with Crippen molar-refractivity contribution >= 4 is 21.8 Å². The van der Waals surface area contributed by atoms with Crippen LogP contribution in [0.2, 0.25) is 0 Å². The molecule has 1 amide bonds. The Kier molecular flexibility index (Phi) is 3.58. The molecule has 2 rings (SSSR count). The van der Waals surface area contributed by atoms with Crippen LogP contribution in [0.5, 0.6) is 0 Å². The second-order valence-corrected chi connectivity index (χ2v) is 4.53. The smallest absolute Gasteiger partial charge is 0.238 e. The van der Waals surface area contributed by atoms with E-state index in [1.165, 1.54) is 5.01 Å². The highest BCUT2D eigenvalue weighted by Gasteiger charge is 2.30. The Hall–Kier alpha value is -0.910. The fourth-order valence-corrected chi connectivity index (χ4v) is 2.38. The number of nitrogens with zero attached hydrogens (tertiary/aromatic N) is 1. The minimum absolute atomic E-state index is 0.00498. The Bertz CT molecular complexity index is 397. The molecule has 1 atom stereocenters. The van der Waals surface area contributed by atoms with Crippen molar-refractivity contribution in [3.63, 3.8) is 0 Å². The Morgan fingerprint density at radius 2 is 2.25 bits per heavy atom. The number of halogens is 1. The molecule has 0 spiro atoms. The highest BCUT2D eigenvalue weighted by atomic mass is 79.9. The molecule has 86 valence electrons. The van der Waals surface area contributed by atoms with Gasteiger partial charge >= 0.3 is 0 Å². The number of carbonyl (C=O) groups excluding carboxylic acids is 1. The highest BCUT2D eigenvalue weighted by Crippen LogP contribution is 2.29. The molecular weight excluding hydrogens is 272 g/mol. The third-order valence-corrected chi connectivity index (χ3v) is 3.32. The van der Waals surface area contributed by atoms with Crippen molar-refractivity contribution < 1.29 is 9.90 Å². The van der Waals surface area contributed by atoms with Gasteiger partial charge in [0.15, 0.2) is 0 Å². The Morgan fingerprint density at radius 3 is 2.94 bits per heavy atom. The maximum atomic E-state index is 11.6. The van der Waals surface area contributed by atoms with Crippen molar-refractivity contribution in [1.29, 1.82) is 0 Å². The van der Waals surface area contributed by atoms with Gasteiger partial charge in [0.2, 0.25) is 5.91 Å². The lowest BCUT2D eigenvalue weighted by molar-refractivity contribution is -0.130. The molecule has 5 heteroatoms. The van der Waals surface area contributed by atoms with E-state index in [1.807, 2.05) is 24.3 Å². The summed E-state index contributed by atoms with van der Waals surface area (Å²) >= 11 is 3.47. The first-order chi connectivity index (χ1) is 7.72. The second kappa shape index (κ2) is 4.95. The number of amides is 1. The number of β-amino-alcohol motifs (C(OH)–C–C–N with tert-alkyl or cyclic N) is 1. The maximum Gasteiger partial charge on any atom is 0.238 e. The third kappa shape index (κ3) is 2.26. The number of aliphatic hydroxyl groups excluding tert-OH is 1. The van der Waals surface area contributed by atoms with Crippen LogP contribution in [-0.4, -0.2) is 29.2 Å². The number of hydrogen-bond donors (Lipinski definition) is 2. The Morgan fingerprint density at radius 1 is 1.50 bits per heavy atom. The predicted octanol–water partition coefficient (Wildman–Crippen LogP) is 1.22. The first kappa shape index (κ1) is 11.6. The van der Waals surface area contributed by atoms with Gasteiger partial charge < -0.3 is 5.11 Å². The first-order valence-corrected chi connectivity index (χ1v) is 5.93. The summed E-state index contributed by atoms with van der Waals surface area (Å²) in [5.74, 6) is 0.0230. The average Bonchev–Trinajstić information content (AvgIpc) is 2.61. The molecule has 1 heterocycles. The van der Waals surface area contributed by atoms with Gasteiger partial charge in [0.25, 0.3) is 0 Å². The SMILES string of the molecule is O=C1CC(c2ccccc2Br)NN1CCO. The van der Waals surface area contributed by atoms with Crippen LogP contribution in [0, 0.1) is 0 Å². The van der Waals surface area contributed by atoms with Crippen molar-refractivity contribution in [3.8, 4) is 0 Å². The Labute approximate surface area is 102 Å². The number of nitrogens with one attached hydrogen (secondary N) is 1. The van der Waals surface area contributed by atoms with Crippen LogP contribution in [0.1, 0.15) is 18.0 Å². The van der Waals surface area contributed by atoms with Gasteiger partial charge in [-0.05, 0) is 11.6 Å². The topological polar surface area (TPSA) is 52.6 Å². The molecule has 0 bridgehead atoms. The summed E-state index contributed by atoms with van der Waals surface area (Å²) < 4.78 is 0.992. The number of carbonyl (C=O) groups is 1. The van der Waals surface area contributed by atoms with E-state index in [1.54, 1.807) is 0 Å². The molecule has 0 aromatic heterocycles. The van der Waals surface area contributed by atoms with Gasteiger partial charge in [-0.3, -0.25) is 9.80 Å². The molecule has 16 heavy (non-hydrogen) atoms. The van der Waals surface area contributed by atoms with E-state index in [2.05, 4.69) is 21.4 Å². The number of hydrazine groups is 1. The summed E-state index contributed by atoms with van der Waals surface area (Å²) in [5, 5.41) is 10.3. The standard InChI is InChI=1S/C11H13BrN2O2/c12-9-4-2-1-3-8(9)10-7-11(16)14(13-10)5-6-15/h1-4,10,13,15H,5-7H2. The predicted molar refractivity (Wildman–Crippen MR) is 63.4 cm³/mol. The molecule has 2 N–H and O–H groups in total. The molecular formula is C11H13BrN2O2. The summed E-state index contributed by atoms with van der Waals surface area (Å²) in [6.45, 7) is 0.307. The van der Waals surface area contributed by atoms with Crippen LogP contribution in [-0.2, 0) is 4.79 Å². The highest BCUT2D eigenvalue weighted by molar-refractivity contribution is 9.10. The molecule has 1 unspecified atom stereocenters. The van der Waals surface area contributed by atoms with E-state index in [4.69, 9.17) is 5.11 Å². The van der Waals surface area contributed by atoms with Crippen LogP contribution in [0.25, 0.3) is 0 Å². The molecule has 1 saturated heterocycles. The maximum absolute atomic E-state index is 11.6. The van der Waals surface area contributed by atoms with Crippen molar-refractivity contribution in [2.45, 2.75) is 12.5 Å².